The summed E-state index contributed by atoms with van der Waals surface area (Å²) in [5, 5.41) is 0. The molecule has 0 amide bonds. The second-order valence-electron chi connectivity index (χ2n) is 4.84. The maximum absolute atomic E-state index is 5.92. The summed E-state index contributed by atoms with van der Waals surface area (Å²) in [7, 11) is 0. The standard InChI is InChI=1S/C12H26N2O/c1-4-15-9-12(10(2)3)14-7-5-11(13)6-8-14/h10-12H,4-9,13H2,1-3H3. The third-order valence-corrected chi connectivity index (χ3v) is 3.31. The van der Waals surface area contributed by atoms with E-state index in [-0.39, 0.29) is 0 Å². The fourth-order valence-electron chi connectivity index (χ4n) is 2.21. The van der Waals surface area contributed by atoms with Crippen molar-refractivity contribution >= 4 is 0 Å². The van der Waals surface area contributed by atoms with Crippen molar-refractivity contribution in [1.29, 1.82) is 0 Å². The molecule has 0 spiro atoms. The van der Waals surface area contributed by atoms with Crippen LogP contribution in [0, 0.1) is 5.92 Å². The van der Waals surface area contributed by atoms with E-state index in [9.17, 15) is 0 Å². The summed E-state index contributed by atoms with van der Waals surface area (Å²) in [5.74, 6) is 0.658. The maximum atomic E-state index is 5.92. The number of ether oxygens (including phenoxy) is 1. The predicted octanol–water partition coefficient (Wildman–Crippen LogP) is 1.47. The Hall–Kier alpha value is -0.120. The first-order valence-electron chi connectivity index (χ1n) is 6.22. The Morgan fingerprint density at radius 3 is 2.40 bits per heavy atom. The van der Waals surface area contributed by atoms with Crippen LogP contribution in [0.4, 0.5) is 0 Å². The largest absolute Gasteiger partial charge is 0.380 e. The smallest absolute Gasteiger partial charge is 0.0624 e. The minimum Gasteiger partial charge on any atom is -0.380 e. The summed E-state index contributed by atoms with van der Waals surface area (Å²) < 4.78 is 5.56. The Morgan fingerprint density at radius 1 is 1.33 bits per heavy atom. The molecular weight excluding hydrogens is 188 g/mol. The van der Waals surface area contributed by atoms with Crippen LogP contribution in [-0.2, 0) is 4.74 Å². The summed E-state index contributed by atoms with van der Waals surface area (Å²) in [6, 6.07) is 0.985. The number of nitrogens with two attached hydrogens (primary N) is 1. The van der Waals surface area contributed by atoms with Crippen molar-refractivity contribution in [2.75, 3.05) is 26.3 Å². The van der Waals surface area contributed by atoms with Crippen LogP contribution >= 0.6 is 0 Å². The van der Waals surface area contributed by atoms with Crippen molar-refractivity contribution in [1.82, 2.24) is 4.90 Å². The normalized spacial score (nSPS) is 22.2. The molecule has 3 heteroatoms. The maximum Gasteiger partial charge on any atom is 0.0624 e. The molecule has 3 nitrogen and oxygen atoms in total. The van der Waals surface area contributed by atoms with Gasteiger partial charge in [0.15, 0.2) is 0 Å². The third-order valence-electron chi connectivity index (χ3n) is 3.31. The fraction of sp³-hybridized carbons (Fsp3) is 1.00. The lowest BCUT2D eigenvalue weighted by Gasteiger charge is -2.38. The van der Waals surface area contributed by atoms with E-state index in [1.165, 1.54) is 0 Å². The first-order valence-corrected chi connectivity index (χ1v) is 6.22. The molecule has 0 aromatic carbocycles. The SMILES string of the molecule is CCOCC(C(C)C)N1CCC(N)CC1. The van der Waals surface area contributed by atoms with Crippen LogP contribution < -0.4 is 5.73 Å². The molecule has 1 fully saturated rings. The molecular formula is C12H26N2O. The van der Waals surface area contributed by atoms with Gasteiger partial charge in [0.05, 0.1) is 6.61 Å². The molecule has 1 aliphatic heterocycles. The van der Waals surface area contributed by atoms with E-state index in [4.69, 9.17) is 10.5 Å². The molecule has 15 heavy (non-hydrogen) atoms. The molecule has 1 saturated heterocycles. The van der Waals surface area contributed by atoms with E-state index >= 15 is 0 Å². The molecule has 1 heterocycles. The molecule has 90 valence electrons. The van der Waals surface area contributed by atoms with Crippen LogP contribution in [0.2, 0.25) is 0 Å². The molecule has 1 rings (SSSR count). The van der Waals surface area contributed by atoms with Crippen LogP contribution in [0.15, 0.2) is 0 Å². The van der Waals surface area contributed by atoms with Gasteiger partial charge >= 0.3 is 0 Å². The Labute approximate surface area is 94.0 Å². The van der Waals surface area contributed by atoms with E-state index in [0.29, 0.717) is 18.0 Å². The van der Waals surface area contributed by atoms with Crippen LogP contribution in [0.3, 0.4) is 0 Å². The van der Waals surface area contributed by atoms with Gasteiger partial charge in [0.2, 0.25) is 0 Å². The molecule has 1 atom stereocenters. The lowest BCUT2D eigenvalue weighted by atomic mass is 9.98. The zero-order chi connectivity index (χ0) is 11.3. The van der Waals surface area contributed by atoms with E-state index in [1.807, 2.05) is 0 Å². The first kappa shape index (κ1) is 12.9. The number of rotatable bonds is 5. The van der Waals surface area contributed by atoms with Crippen molar-refractivity contribution in [2.45, 2.75) is 45.7 Å². The summed E-state index contributed by atoms with van der Waals surface area (Å²) in [6.45, 7) is 10.6. The molecule has 1 unspecified atom stereocenters. The number of nitrogens with zero attached hydrogens (tertiary/aromatic N) is 1. The van der Waals surface area contributed by atoms with Gasteiger partial charge in [-0.25, -0.2) is 0 Å². The van der Waals surface area contributed by atoms with Gasteiger partial charge < -0.3 is 10.5 Å². The minimum absolute atomic E-state index is 0.418. The van der Waals surface area contributed by atoms with E-state index < -0.39 is 0 Å². The van der Waals surface area contributed by atoms with Crippen molar-refractivity contribution in [3.8, 4) is 0 Å². The molecule has 0 aliphatic carbocycles. The van der Waals surface area contributed by atoms with Crippen molar-refractivity contribution in [3.63, 3.8) is 0 Å². The third kappa shape index (κ3) is 4.09. The highest BCUT2D eigenvalue weighted by atomic mass is 16.5. The molecule has 2 N–H and O–H groups in total. The number of likely N-dealkylation sites (tertiary alicyclic amines) is 1. The first-order chi connectivity index (χ1) is 7.15. The second kappa shape index (κ2) is 6.46. The fourth-order valence-corrected chi connectivity index (χ4v) is 2.21. The Bertz CT molecular complexity index is 165. The van der Waals surface area contributed by atoms with Gasteiger partial charge in [0.25, 0.3) is 0 Å². The number of hydrogen-bond acceptors (Lipinski definition) is 3. The highest BCUT2D eigenvalue weighted by molar-refractivity contribution is 4.81. The monoisotopic (exact) mass is 214 g/mol. The van der Waals surface area contributed by atoms with Crippen molar-refractivity contribution < 1.29 is 4.74 Å². The van der Waals surface area contributed by atoms with Gasteiger partial charge in [-0.3, -0.25) is 4.90 Å². The average molecular weight is 214 g/mol. The van der Waals surface area contributed by atoms with Gasteiger partial charge in [-0.1, -0.05) is 13.8 Å². The molecule has 1 aliphatic rings. The number of hydrogen-bond donors (Lipinski definition) is 1. The van der Waals surface area contributed by atoms with Gasteiger partial charge in [-0.15, -0.1) is 0 Å². The van der Waals surface area contributed by atoms with Crippen molar-refractivity contribution in [3.05, 3.63) is 0 Å². The van der Waals surface area contributed by atoms with E-state index in [0.717, 1.165) is 39.1 Å². The van der Waals surface area contributed by atoms with Crippen molar-refractivity contribution in [2.24, 2.45) is 11.7 Å². The van der Waals surface area contributed by atoms with E-state index in [2.05, 4.69) is 25.7 Å². The summed E-state index contributed by atoms with van der Waals surface area (Å²) in [6.07, 6.45) is 2.27. The molecule has 0 aromatic heterocycles. The van der Waals surface area contributed by atoms with Gasteiger partial charge in [0.1, 0.15) is 0 Å². The van der Waals surface area contributed by atoms with Crippen LogP contribution in [0.1, 0.15) is 33.6 Å². The zero-order valence-corrected chi connectivity index (χ0v) is 10.4. The van der Waals surface area contributed by atoms with Crippen LogP contribution in [-0.4, -0.2) is 43.3 Å². The molecule has 0 aromatic rings. The summed E-state index contributed by atoms with van der Waals surface area (Å²) >= 11 is 0. The highest BCUT2D eigenvalue weighted by Crippen LogP contribution is 2.17. The predicted molar refractivity (Wildman–Crippen MR) is 63.9 cm³/mol. The summed E-state index contributed by atoms with van der Waals surface area (Å²) in [5.41, 5.74) is 5.92. The Balaban J connectivity index is 2.41. The van der Waals surface area contributed by atoms with E-state index in [1.54, 1.807) is 0 Å². The minimum atomic E-state index is 0.418. The topological polar surface area (TPSA) is 38.5 Å². The lowest BCUT2D eigenvalue weighted by Crippen LogP contribution is -2.48. The zero-order valence-electron chi connectivity index (χ0n) is 10.4. The van der Waals surface area contributed by atoms with Crippen LogP contribution in [0.25, 0.3) is 0 Å². The molecule has 0 saturated carbocycles. The van der Waals surface area contributed by atoms with Gasteiger partial charge in [-0.2, -0.15) is 0 Å². The molecule has 0 bridgehead atoms. The Kier molecular flexibility index (Phi) is 5.58. The van der Waals surface area contributed by atoms with Crippen LogP contribution in [0.5, 0.6) is 0 Å². The molecule has 0 radical (unpaired) electrons. The van der Waals surface area contributed by atoms with Gasteiger partial charge in [0, 0.05) is 31.8 Å². The lowest BCUT2D eigenvalue weighted by molar-refractivity contribution is 0.0322. The quantitative estimate of drug-likeness (QED) is 0.753. The number of piperidine rings is 1. The Morgan fingerprint density at radius 2 is 1.93 bits per heavy atom. The average Bonchev–Trinajstić information content (AvgIpc) is 2.21. The van der Waals surface area contributed by atoms with Gasteiger partial charge in [-0.05, 0) is 25.7 Å². The highest BCUT2D eigenvalue weighted by Gasteiger charge is 2.25. The summed E-state index contributed by atoms with van der Waals surface area (Å²) in [4.78, 5) is 2.55. The second-order valence-corrected chi connectivity index (χ2v) is 4.84.